The van der Waals surface area contributed by atoms with E-state index in [-0.39, 0.29) is 0 Å². The van der Waals surface area contributed by atoms with E-state index in [0.717, 1.165) is 50.1 Å². The zero-order valence-corrected chi connectivity index (χ0v) is 17.3. The van der Waals surface area contributed by atoms with Gasteiger partial charge in [0.15, 0.2) is 0 Å². The van der Waals surface area contributed by atoms with E-state index < -0.39 is 0 Å². The van der Waals surface area contributed by atoms with Gasteiger partial charge in [0, 0.05) is 39.9 Å². The first-order valence-electron chi connectivity index (χ1n) is 10.6. The predicted molar refractivity (Wildman–Crippen MR) is 131 cm³/mol. The Morgan fingerprint density at radius 2 is 1.06 bits per heavy atom. The maximum Gasteiger partial charge on any atom is 0.0788 e. The van der Waals surface area contributed by atoms with Crippen molar-refractivity contribution in [1.82, 2.24) is 15.0 Å². The number of fused-ring (bicyclic) bond motifs is 3. The molecular weight excluding hydrogens is 390 g/mol. The number of aromatic nitrogens is 3. The van der Waals surface area contributed by atoms with Gasteiger partial charge >= 0.3 is 0 Å². The molecule has 0 aliphatic heterocycles. The summed E-state index contributed by atoms with van der Waals surface area (Å²) in [6.45, 7) is 0. The smallest absolute Gasteiger partial charge is 0.0788 e. The average molecular weight is 409 g/mol. The second-order valence-electron chi connectivity index (χ2n) is 7.75. The fourth-order valence-electron chi connectivity index (χ4n) is 4.21. The third-order valence-electron chi connectivity index (χ3n) is 5.76. The van der Waals surface area contributed by atoms with Crippen LogP contribution in [0.2, 0.25) is 0 Å². The van der Waals surface area contributed by atoms with Gasteiger partial charge in [-0.25, -0.2) is 4.98 Å². The molecule has 0 fully saturated rings. The molecule has 0 atom stereocenters. The molecule has 0 N–H and O–H groups in total. The SMILES string of the molecule is c1ccc(-c2nc3cc(-c4ccccn4)ccc3c3ccc(-c4ccccn4)cc23)cc1. The lowest BCUT2D eigenvalue weighted by Gasteiger charge is -2.13. The van der Waals surface area contributed by atoms with Gasteiger partial charge < -0.3 is 0 Å². The van der Waals surface area contributed by atoms with Gasteiger partial charge in [0.2, 0.25) is 0 Å². The van der Waals surface area contributed by atoms with Crippen molar-refractivity contribution >= 4 is 21.7 Å². The second-order valence-corrected chi connectivity index (χ2v) is 7.75. The van der Waals surface area contributed by atoms with Crippen LogP contribution in [0, 0.1) is 0 Å². The molecule has 150 valence electrons. The second kappa shape index (κ2) is 7.71. The maximum atomic E-state index is 5.15. The monoisotopic (exact) mass is 409 g/mol. The summed E-state index contributed by atoms with van der Waals surface area (Å²) in [5, 5.41) is 3.44. The maximum absolute atomic E-state index is 5.15. The van der Waals surface area contributed by atoms with E-state index in [2.05, 4.69) is 70.6 Å². The van der Waals surface area contributed by atoms with E-state index >= 15 is 0 Å². The minimum atomic E-state index is 0.947. The lowest BCUT2D eigenvalue weighted by Crippen LogP contribution is -1.92. The molecule has 0 aliphatic carbocycles. The van der Waals surface area contributed by atoms with Crippen LogP contribution in [0.5, 0.6) is 0 Å². The molecule has 0 radical (unpaired) electrons. The Balaban J connectivity index is 1.65. The molecule has 32 heavy (non-hydrogen) atoms. The molecule has 0 aliphatic rings. The quantitative estimate of drug-likeness (QED) is 0.291. The Morgan fingerprint density at radius 3 is 1.72 bits per heavy atom. The summed E-state index contributed by atoms with van der Waals surface area (Å²) >= 11 is 0. The Bertz CT molecular complexity index is 1540. The van der Waals surface area contributed by atoms with Crippen LogP contribution in [0.4, 0.5) is 0 Å². The van der Waals surface area contributed by atoms with Crippen LogP contribution >= 0.6 is 0 Å². The van der Waals surface area contributed by atoms with Gasteiger partial charge in [-0.3, -0.25) is 9.97 Å². The average Bonchev–Trinajstić information content (AvgIpc) is 2.89. The molecule has 6 aromatic rings. The lowest BCUT2D eigenvalue weighted by molar-refractivity contribution is 1.32. The Morgan fingerprint density at radius 1 is 0.438 bits per heavy atom. The molecule has 3 aromatic carbocycles. The van der Waals surface area contributed by atoms with Crippen LogP contribution in [-0.2, 0) is 0 Å². The highest BCUT2D eigenvalue weighted by Crippen LogP contribution is 2.36. The molecule has 0 bridgehead atoms. The molecule has 3 nitrogen and oxygen atoms in total. The van der Waals surface area contributed by atoms with E-state index in [9.17, 15) is 0 Å². The van der Waals surface area contributed by atoms with Gasteiger partial charge in [-0.05, 0) is 41.8 Å². The number of benzene rings is 3. The minimum absolute atomic E-state index is 0.947. The fraction of sp³-hybridized carbons (Fsp3) is 0. The van der Waals surface area contributed by atoms with Gasteiger partial charge in [-0.1, -0.05) is 66.7 Å². The third kappa shape index (κ3) is 3.21. The first-order chi connectivity index (χ1) is 15.9. The van der Waals surface area contributed by atoms with Crippen LogP contribution in [0.15, 0.2) is 116 Å². The Hall–Kier alpha value is -4.37. The summed E-state index contributed by atoms with van der Waals surface area (Å²) in [6, 6.07) is 35.3. The van der Waals surface area contributed by atoms with E-state index in [0.29, 0.717) is 0 Å². The predicted octanol–water partition coefficient (Wildman–Crippen LogP) is 7.18. The highest BCUT2D eigenvalue weighted by Gasteiger charge is 2.13. The van der Waals surface area contributed by atoms with E-state index in [1.807, 2.05) is 54.9 Å². The van der Waals surface area contributed by atoms with E-state index in [4.69, 9.17) is 4.98 Å². The number of hydrogen-bond acceptors (Lipinski definition) is 3. The highest BCUT2D eigenvalue weighted by molar-refractivity contribution is 6.12. The molecule has 3 aromatic heterocycles. The Labute approximate surface area is 186 Å². The van der Waals surface area contributed by atoms with Crippen LogP contribution in [0.3, 0.4) is 0 Å². The van der Waals surface area contributed by atoms with Crippen molar-refractivity contribution in [2.45, 2.75) is 0 Å². The van der Waals surface area contributed by atoms with Gasteiger partial charge in [0.1, 0.15) is 0 Å². The van der Waals surface area contributed by atoms with Crippen molar-refractivity contribution in [1.29, 1.82) is 0 Å². The van der Waals surface area contributed by atoms with Crippen molar-refractivity contribution in [2.75, 3.05) is 0 Å². The molecule has 0 unspecified atom stereocenters. The van der Waals surface area contributed by atoms with E-state index in [1.165, 1.54) is 5.39 Å². The summed E-state index contributed by atoms with van der Waals surface area (Å²) in [5.74, 6) is 0. The molecular formula is C29H19N3. The number of pyridine rings is 3. The molecule has 6 rings (SSSR count). The van der Waals surface area contributed by atoms with Gasteiger partial charge in [0.25, 0.3) is 0 Å². The zero-order valence-electron chi connectivity index (χ0n) is 17.3. The summed E-state index contributed by atoms with van der Waals surface area (Å²) in [6.07, 6.45) is 3.65. The van der Waals surface area contributed by atoms with Crippen LogP contribution in [0.1, 0.15) is 0 Å². The summed E-state index contributed by atoms with van der Waals surface area (Å²) < 4.78 is 0. The zero-order chi connectivity index (χ0) is 21.3. The summed E-state index contributed by atoms with van der Waals surface area (Å²) in [5.41, 5.74) is 7.09. The lowest BCUT2D eigenvalue weighted by atomic mass is 9.96. The minimum Gasteiger partial charge on any atom is -0.256 e. The van der Waals surface area contributed by atoms with Crippen LogP contribution in [0.25, 0.3) is 55.4 Å². The normalized spacial score (nSPS) is 11.1. The fourth-order valence-corrected chi connectivity index (χ4v) is 4.21. The molecule has 0 saturated heterocycles. The standard InChI is InChI=1S/C29H19N3/c1-2-8-20(9-3-1)29-25-18-21(26-10-4-6-16-30-26)12-14-23(25)24-15-13-22(19-28(24)32-29)27-11-5-7-17-31-27/h1-19H. The highest BCUT2D eigenvalue weighted by atomic mass is 14.7. The van der Waals surface area contributed by atoms with Crippen LogP contribution in [-0.4, -0.2) is 15.0 Å². The third-order valence-corrected chi connectivity index (χ3v) is 5.76. The first kappa shape index (κ1) is 18.4. The van der Waals surface area contributed by atoms with E-state index in [1.54, 1.807) is 0 Å². The molecule has 3 heteroatoms. The van der Waals surface area contributed by atoms with Gasteiger partial charge in [-0.15, -0.1) is 0 Å². The molecule has 3 heterocycles. The molecule has 0 amide bonds. The van der Waals surface area contributed by atoms with Crippen molar-refractivity contribution in [3.63, 3.8) is 0 Å². The van der Waals surface area contributed by atoms with Crippen LogP contribution < -0.4 is 0 Å². The van der Waals surface area contributed by atoms with Crippen molar-refractivity contribution in [3.8, 4) is 33.8 Å². The topological polar surface area (TPSA) is 38.7 Å². The largest absolute Gasteiger partial charge is 0.256 e. The summed E-state index contributed by atoms with van der Waals surface area (Å²) in [7, 11) is 0. The molecule has 0 spiro atoms. The van der Waals surface area contributed by atoms with Crippen molar-refractivity contribution < 1.29 is 0 Å². The van der Waals surface area contributed by atoms with Crippen molar-refractivity contribution in [2.24, 2.45) is 0 Å². The first-order valence-corrected chi connectivity index (χ1v) is 10.6. The summed E-state index contributed by atoms with van der Waals surface area (Å²) in [4.78, 5) is 14.2. The molecule has 0 saturated carbocycles. The van der Waals surface area contributed by atoms with Gasteiger partial charge in [-0.2, -0.15) is 0 Å². The number of hydrogen-bond donors (Lipinski definition) is 0. The number of rotatable bonds is 3. The Kier molecular flexibility index (Phi) is 4.43. The number of nitrogens with zero attached hydrogens (tertiary/aromatic N) is 3. The van der Waals surface area contributed by atoms with Crippen molar-refractivity contribution in [3.05, 3.63) is 116 Å². The van der Waals surface area contributed by atoms with Gasteiger partial charge in [0.05, 0.1) is 22.6 Å².